The molecule has 0 saturated heterocycles. The number of fused-ring (bicyclic) bond motifs is 1. The summed E-state index contributed by atoms with van der Waals surface area (Å²) in [5, 5.41) is 8.45. The molecule has 3 amide bonds. The summed E-state index contributed by atoms with van der Waals surface area (Å²) in [6.07, 6.45) is -0.298. The van der Waals surface area contributed by atoms with E-state index in [0.29, 0.717) is 28.8 Å². The van der Waals surface area contributed by atoms with Gasteiger partial charge in [-0.15, -0.1) is 0 Å². The van der Waals surface area contributed by atoms with Crippen LogP contribution in [-0.2, 0) is 4.79 Å². The van der Waals surface area contributed by atoms with Crippen molar-refractivity contribution in [2.45, 2.75) is 13.0 Å². The predicted molar refractivity (Wildman–Crippen MR) is 103 cm³/mol. The van der Waals surface area contributed by atoms with Crippen LogP contribution in [0.1, 0.15) is 5.56 Å². The third kappa shape index (κ3) is 5.04. The van der Waals surface area contributed by atoms with E-state index in [9.17, 15) is 9.59 Å². The van der Waals surface area contributed by atoms with Crippen molar-refractivity contribution in [2.24, 2.45) is 0 Å². The fourth-order valence-corrected chi connectivity index (χ4v) is 2.71. The van der Waals surface area contributed by atoms with Gasteiger partial charge in [-0.05, 0) is 36.8 Å². The van der Waals surface area contributed by atoms with Gasteiger partial charge in [0.25, 0.3) is 0 Å². The van der Waals surface area contributed by atoms with Crippen LogP contribution in [0.5, 0.6) is 11.5 Å². The van der Waals surface area contributed by atoms with Crippen LogP contribution in [0.3, 0.4) is 0 Å². The Hall–Kier alpha value is -2.93. The third-order valence-corrected chi connectivity index (χ3v) is 4.42. The largest absolute Gasteiger partial charge is 0.486 e. The summed E-state index contributed by atoms with van der Waals surface area (Å²) in [7, 11) is 0. The minimum Gasteiger partial charge on any atom is -0.486 e. The van der Waals surface area contributed by atoms with Crippen molar-refractivity contribution in [3.05, 3.63) is 53.1 Å². The molecule has 0 spiro atoms. The summed E-state index contributed by atoms with van der Waals surface area (Å²) in [6, 6.07) is 12.1. The number of hydrogen-bond donors (Lipinski definition) is 3. The highest BCUT2D eigenvalue weighted by molar-refractivity contribution is 6.31. The summed E-state index contributed by atoms with van der Waals surface area (Å²) in [6.45, 7) is 2.24. The number of carbonyl (C=O) groups excluding carboxylic acids is 2. The monoisotopic (exact) mass is 389 g/mol. The van der Waals surface area contributed by atoms with Crippen LogP contribution in [0.25, 0.3) is 0 Å². The molecule has 0 bridgehead atoms. The summed E-state index contributed by atoms with van der Waals surface area (Å²) in [5.41, 5.74) is 1.38. The molecule has 8 heteroatoms. The maximum absolute atomic E-state index is 12.0. The molecule has 27 heavy (non-hydrogen) atoms. The lowest BCUT2D eigenvalue weighted by atomic mass is 10.2. The van der Waals surface area contributed by atoms with Crippen molar-refractivity contribution >= 4 is 29.2 Å². The van der Waals surface area contributed by atoms with Crippen molar-refractivity contribution in [1.29, 1.82) is 0 Å². The van der Waals surface area contributed by atoms with Gasteiger partial charge in [0, 0.05) is 10.7 Å². The number of urea groups is 1. The molecule has 1 heterocycles. The van der Waals surface area contributed by atoms with Crippen LogP contribution in [0.2, 0.25) is 5.02 Å². The molecule has 1 aliphatic rings. The van der Waals surface area contributed by atoms with Crippen LogP contribution in [0.4, 0.5) is 10.5 Å². The molecular formula is C19H20ClN3O4. The summed E-state index contributed by atoms with van der Waals surface area (Å²) < 4.78 is 11.3. The van der Waals surface area contributed by atoms with E-state index >= 15 is 0 Å². The van der Waals surface area contributed by atoms with Gasteiger partial charge in [0.2, 0.25) is 5.91 Å². The number of halogens is 1. The first-order chi connectivity index (χ1) is 13.0. The molecule has 7 nitrogen and oxygen atoms in total. The normalized spacial score (nSPS) is 15.0. The molecule has 2 aromatic carbocycles. The van der Waals surface area contributed by atoms with Crippen LogP contribution in [0, 0.1) is 6.92 Å². The second-order valence-corrected chi connectivity index (χ2v) is 6.43. The number of hydrogen-bond acceptors (Lipinski definition) is 4. The number of carbonyl (C=O) groups is 2. The lowest BCUT2D eigenvalue weighted by molar-refractivity contribution is -0.115. The highest BCUT2D eigenvalue weighted by atomic mass is 35.5. The second-order valence-electron chi connectivity index (χ2n) is 6.02. The average molecular weight is 390 g/mol. The molecule has 2 aromatic rings. The lowest BCUT2D eigenvalue weighted by Gasteiger charge is -2.26. The molecule has 0 radical (unpaired) electrons. The standard InChI is InChI=1S/C19H20ClN3O4/c1-12-14(20)5-4-6-15(12)23-18(24)10-22-19(25)21-9-13-11-26-16-7-2-3-8-17(16)27-13/h2-8,13H,9-11H2,1H3,(H,23,24)(H2,21,22,25)/t13-/m0/s1. The zero-order chi connectivity index (χ0) is 19.2. The summed E-state index contributed by atoms with van der Waals surface area (Å²) in [5.74, 6) is 0.986. The van der Waals surface area contributed by atoms with E-state index in [2.05, 4.69) is 16.0 Å². The molecule has 0 aliphatic carbocycles. The molecular weight excluding hydrogens is 370 g/mol. The molecule has 142 valence electrons. The predicted octanol–water partition coefficient (Wildman–Crippen LogP) is 2.73. The molecule has 1 atom stereocenters. The van der Waals surface area contributed by atoms with Gasteiger partial charge in [-0.3, -0.25) is 4.79 Å². The fraction of sp³-hybridized carbons (Fsp3) is 0.263. The van der Waals surface area contributed by atoms with Crippen molar-refractivity contribution < 1.29 is 19.1 Å². The first-order valence-electron chi connectivity index (χ1n) is 8.48. The van der Waals surface area contributed by atoms with E-state index < -0.39 is 6.03 Å². The highest BCUT2D eigenvalue weighted by Gasteiger charge is 2.21. The van der Waals surface area contributed by atoms with Gasteiger partial charge in [0.1, 0.15) is 6.61 Å². The van der Waals surface area contributed by atoms with E-state index in [1.165, 1.54) is 0 Å². The number of para-hydroxylation sites is 2. The van der Waals surface area contributed by atoms with Gasteiger partial charge < -0.3 is 25.4 Å². The zero-order valence-electron chi connectivity index (χ0n) is 14.8. The molecule has 0 saturated carbocycles. The van der Waals surface area contributed by atoms with Gasteiger partial charge in [-0.1, -0.05) is 29.8 Å². The van der Waals surface area contributed by atoms with E-state index in [1.807, 2.05) is 31.2 Å². The zero-order valence-corrected chi connectivity index (χ0v) is 15.5. The molecule has 0 aromatic heterocycles. The average Bonchev–Trinajstić information content (AvgIpc) is 2.68. The maximum atomic E-state index is 12.0. The van der Waals surface area contributed by atoms with Crippen LogP contribution >= 0.6 is 11.6 Å². The second kappa shape index (κ2) is 8.64. The van der Waals surface area contributed by atoms with Gasteiger partial charge in [-0.2, -0.15) is 0 Å². The number of amides is 3. The highest BCUT2D eigenvalue weighted by Crippen LogP contribution is 2.30. The molecule has 1 aliphatic heterocycles. The first kappa shape index (κ1) is 18.8. The Kier molecular flexibility index (Phi) is 6.03. The minimum atomic E-state index is -0.463. The number of anilines is 1. The van der Waals surface area contributed by atoms with Crippen molar-refractivity contribution in [3.63, 3.8) is 0 Å². The van der Waals surface area contributed by atoms with Crippen molar-refractivity contribution in [3.8, 4) is 11.5 Å². The molecule has 0 unspecified atom stereocenters. The summed E-state index contributed by atoms with van der Waals surface area (Å²) >= 11 is 6.02. The number of nitrogens with one attached hydrogen (secondary N) is 3. The number of rotatable bonds is 5. The maximum Gasteiger partial charge on any atom is 0.315 e. The van der Waals surface area contributed by atoms with Gasteiger partial charge in [0.15, 0.2) is 17.6 Å². The Morgan fingerprint density at radius 1 is 1.11 bits per heavy atom. The Bertz CT molecular complexity index is 843. The molecule has 3 N–H and O–H groups in total. The quantitative estimate of drug-likeness (QED) is 0.733. The van der Waals surface area contributed by atoms with Crippen LogP contribution in [-0.4, -0.2) is 37.7 Å². The van der Waals surface area contributed by atoms with E-state index in [0.717, 1.165) is 5.56 Å². The minimum absolute atomic E-state index is 0.164. The van der Waals surface area contributed by atoms with E-state index in [-0.39, 0.29) is 25.1 Å². The lowest BCUT2D eigenvalue weighted by Crippen LogP contribution is -2.46. The van der Waals surface area contributed by atoms with Gasteiger partial charge in [0.05, 0.1) is 13.1 Å². The Labute approximate surface area is 162 Å². The van der Waals surface area contributed by atoms with Crippen LogP contribution < -0.4 is 25.4 Å². The van der Waals surface area contributed by atoms with Gasteiger partial charge in [-0.25, -0.2) is 4.79 Å². The van der Waals surface area contributed by atoms with Crippen molar-refractivity contribution in [1.82, 2.24) is 10.6 Å². The number of benzene rings is 2. The smallest absolute Gasteiger partial charge is 0.315 e. The Morgan fingerprint density at radius 2 is 1.89 bits per heavy atom. The van der Waals surface area contributed by atoms with Crippen LogP contribution in [0.15, 0.2) is 42.5 Å². The van der Waals surface area contributed by atoms with Gasteiger partial charge >= 0.3 is 6.03 Å². The van der Waals surface area contributed by atoms with Crippen molar-refractivity contribution in [2.75, 3.05) is 25.0 Å². The number of ether oxygens (including phenoxy) is 2. The van der Waals surface area contributed by atoms with E-state index in [4.69, 9.17) is 21.1 Å². The topological polar surface area (TPSA) is 88.7 Å². The third-order valence-electron chi connectivity index (χ3n) is 4.01. The molecule has 3 rings (SSSR count). The fourth-order valence-electron chi connectivity index (χ4n) is 2.53. The SMILES string of the molecule is Cc1c(Cl)cccc1NC(=O)CNC(=O)NC[C@H]1COc2ccccc2O1. The Balaban J connectivity index is 1.40. The Morgan fingerprint density at radius 3 is 2.70 bits per heavy atom. The molecule has 0 fully saturated rings. The first-order valence-corrected chi connectivity index (χ1v) is 8.86. The van der Waals surface area contributed by atoms with E-state index in [1.54, 1.807) is 18.2 Å². The summed E-state index contributed by atoms with van der Waals surface area (Å²) in [4.78, 5) is 23.9.